The predicted molar refractivity (Wildman–Crippen MR) is 75.7 cm³/mol. The van der Waals surface area contributed by atoms with E-state index < -0.39 is 0 Å². The molecule has 1 aromatic heterocycles. The molecule has 98 valence electrons. The lowest BCUT2D eigenvalue weighted by Crippen LogP contribution is -2.18. The van der Waals surface area contributed by atoms with Gasteiger partial charge in [-0.2, -0.15) is 0 Å². The zero-order valence-corrected chi connectivity index (χ0v) is 11.0. The molecule has 3 heteroatoms. The van der Waals surface area contributed by atoms with Crippen LogP contribution in [-0.2, 0) is 6.42 Å². The predicted octanol–water partition coefficient (Wildman–Crippen LogP) is 2.99. The Labute approximate surface area is 113 Å². The number of benzene rings is 1. The van der Waals surface area contributed by atoms with E-state index >= 15 is 0 Å². The first-order valence-electron chi connectivity index (χ1n) is 6.94. The van der Waals surface area contributed by atoms with Gasteiger partial charge >= 0.3 is 0 Å². The second-order valence-corrected chi connectivity index (χ2v) is 5.26. The quantitative estimate of drug-likeness (QED) is 0.915. The third-order valence-electron chi connectivity index (χ3n) is 4.02. The lowest BCUT2D eigenvalue weighted by molar-refractivity contribution is 0.471. The second kappa shape index (κ2) is 5.49. The van der Waals surface area contributed by atoms with Crippen LogP contribution in [0, 0.1) is 0 Å². The van der Waals surface area contributed by atoms with Gasteiger partial charge in [0.2, 0.25) is 0 Å². The van der Waals surface area contributed by atoms with Crippen molar-refractivity contribution in [2.24, 2.45) is 5.73 Å². The molecule has 2 N–H and O–H groups in total. The molecule has 2 unspecified atom stereocenters. The van der Waals surface area contributed by atoms with Gasteiger partial charge in [-0.3, -0.25) is 0 Å². The molecule has 0 saturated carbocycles. The maximum atomic E-state index is 6.29. The minimum absolute atomic E-state index is 0.000781. The van der Waals surface area contributed by atoms with E-state index in [1.807, 2.05) is 6.07 Å². The van der Waals surface area contributed by atoms with E-state index in [1.54, 1.807) is 12.5 Å². The number of nitrogens with two attached hydrogens (primary N) is 1. The number of hydrogen-bond acceptors (Lipinski definition) is 3. The van der Waals surface area contributed by atoms with Gasteiger partial charge in [-0.05, 0) is 48.8 Å². The Balaban J connectivity index is 1.78. The number of aryl methyl sites for hydroxylation is 1. The molecule has 0 bridgehead atoms. The van der Waals surface area contributed by atoms with Gasteiger partial charge in [-0.25, -0.2) is 9.97 Å². The molecule has 0 saturated heterocycles. The number of rotatable bonds is 3. The molecule has 0 radical (unpaired) electrons. The van der Waals surface area contributed by atoms with E-state index in [2.05, 4.69) is 34.2 Å². The van der Waals surface area contributed by atoms with Crippen LogP contribution in [0.3, 0.4) is 0 Å². The van der Waals surface area contributed by atoms with Crippen LogP contribution in [0.1, 0.15) is 48.0 Å². The summed E-state index contributed by atoms with van der Waals surface area (Å²) in [6.07, 6.45) is 8.00. The summed E-state index contributed by atoms with van der Waals surface area (Å²) in [6.45, 7) is 0. The van der Waals surface area contributed by atoms with Crippen molar-refractivity contribution in [3.8, 4) is 0 Å². The average molecular weight is 253 g/mol. The van der Waals surface area contributed by atoms with Gasteiger partial charge in [0, 0.05) is 12.2 Å². The fourth-order valence-electron chi connectivity index (χ4n) is 3.05. The Morgan fingerprint density at radius 2 is 2.16 bits per heavy atom. The van der Waals surface area contributed by atoms with E-state index in [9.17, 15) is 0 Å². The van der Waals surface area contributed by atoms with Crippen LogP contribution in [0.25, 0.3) is 0 Å². The minimum Gasteiger partial charge on any atom is -0.323 e. The van der Waals surface area contributed by atoms with Crippen LogP contribution in [0.4, 0.5) is 0 Å². The van der Waals surface area contributed by atoms with Crippen molar-refractivity contribution in [1.82, 2.24) is 9.97 Å². The maximum Gasteiger partial charge on any atom is 0.115 e. The highest BCUT2D eigenvalue weighted by Crippen LogP contribution is 2.36. The van der Waals surface area contributed by atoms with Gasteiger partial charge in [-0.15, -0.1) is 0 Å². The summed E-state index contributed by atoms with van der Waals surface area (Å²) in [6, 6.07) is 10.7. The van der Waals surface area contributed by atoms with Gasteiger partial charge in [0.1, 0.15) is 6.33 Å². The molecule has 2 atom stereocenters. The normalized spacial score (nSPS) is 19.7. The molecule has 1 aromatic carbocycles. The standard InChI is InChI=1S/C16H19N3/c17-15(16-8-9-18-11-19-16)10-13-6-3-5-12-4-1-2-7-14(12)13/h1-2,4,7-9,11,13,15H,3,5-6,10,17H2. The smallest absolute Gasteiger partial charge is 0.115 e. The first kappa shape index (κ1) is 12.3. The SMILES string of the molecule is NC(CC1CCCc2ccccc21)c1ccncn1. The zero-order chi connectivity index (χ0) is 13.1. The molecule has 1 heterocycles. The Bertz CT molecular complexity index is 539. The third kappa shape index (κ3) is 2.66. The lowest BCUT2D eigenvalue weighted by Gasteiger charge is -2.27. The summed E-state index contributed by atoms with van der Waals surface area (Å²) in [5.41, 5.74) is 10.2. The van der Waals surface area contributed by atoms with Crippen molar-refractivity contribution in [1.29, 1.82) is 0 Å². The molecular weight excluding hydrogens is 234 g/mol. The Morgan fingerprint density at radius 3 is 3.00 bits per heavy atom. The van der Waals surface area contributed by atoms with Crippen molar-refractivity contribution in [2.45, 2.75) is 37.6 Å². The van der Waals surface area contributed by atoms with E-state index in [0.29, 0.717) is 5.92 Å². The van der Waals surface area contributed by atoms with E-state index in [0.717, 1.165) is 12.1 Å². The highest BCUT2D eigenvalue weighted by atomic mass is 14.8. The van der Waals surface area contributed by atoms with Crippen LogP contribution >= 0.6 is 0 Å². The highest BCUT2D eigenvalue weighted by Gasteiger charge is 2.22. The Morgan fingerprint density at radius 1 is 1.26 bits per heavy atom. The second-order valence-electron chi connectivity index (χ2n) is 5.26. The summed E-state index contributed by atoms with van der Waals surface area (Å²) in [7, 11) is 0. The van der Waals surface area contributed by atoms with E-state index in [-0.39, 0.29) is 6.04 Å². The summed E-state index contributed by atoms with van der Waals surface area (Å²) in [5, 5.41) is 0. The molecule has 19 heavy (non-hydrogen) atoms. The number of hydrogen-bond donors (Lipinski definition) is 1. The fourth-order valence-corrected chi connectivity index (χ4v) is 3.05. The molecule has 0 amide bonds. The fraction of sp³-hybridized carbons (Fsp3) is 0.375. The molecule has 0 spiro atoms. The Kier molecular flexibility index (Phi) is 3.56. The summed E-state index contributed by atoms with van der Waals surface area (Å²) in [5.74, 6) is 0.565. The van der Waals surface area contributed by atoms with Crippen LogP contribution in [-0.4, -0.2) is 9.97 Å². The van der Waals surface area contributed by atoms with E-state index in [4.69, 9.17) is 5.73 Å². The summed E-state index contributed by atoms with van der Waals surface area (Å²) >= 11 is 0. The molecule has 3 rings (SSSR count). The monoisotopic (exact) mass is 253 g/mol. The van der Waals surface area contributed by atoms with Crippen LogP contribution in [0.5, 0.6) is 0 Å². The molecule has 2 aromatic rings. The lowest BCUT2D eigenvalue weighted by atomic mass is 9.79. The Hall–Kier alpha value is -1.74. The van der Waals surface area contributed by atoms with Gasteiger partial charge in [0.05, 0.1) is 5.69 Å². The van der Waals surface area contributed by atoms with Crippen molar-refractivity contribution in [2.75, 3.05) is 0 Å². The topological polar surface area (TPSA) is 51.8 Å². The first-order chi connectivity index (χ1) is 9.34. The van der Waals surface area contributed by atoms with Crippen molar-refractivity contribution in [3.05, 3.63) is 59.7 Å². The molecule has 3 nitrogen and oxygen atoms in total. The van der Waals surface area contributed by atoms with E-state index in [1.165, 1.54) is 30.4 Å². The maximum absolute atomic E-state index is 6.29. The molecule has 1 aliphatic carbocycles. The molecule has 1 aliphatic rings. The summed E-state index contributed by atoms with van der Waals surface area (Å²) in [4.78, 5) is 8.21. The highest BCUT2D eigenvalue weighted by molar-refractivity contribution is 5.32. The van der Waals surface area contributed by atoms with Gasteiger partial charge < -0.3 is 5.73 Å². The van der Waals surface area contributed by atoms with Crippen molar-refractivity contribution >= 4 is 0 Å². The van der Waals surface area contributed by atoms with Gasteiger partial charge in [-0.1, -0.05) is 24.3 Å². The van der Waals surface area contributed by atoms with Gasteiger partial charge in [0.25, 0.3) is 0 Å². The number of nitrogens with zero attached hydrogens (tertiary/aromatic N) is 2. The number of fused-ring (bicyclic) bond motifs is 1. The summed E-state index contributed by atoms with van der Waals surface area (Å²) < 4.78 is 0. The van der Waals surface area contributed by atoms with Crippen LogP contribution < -0.4 is 5.73 Å². The van der Waals surface area contributed by atoms with Gasteiger partial charge in [0.15, 0.2) is 0 Å². The molecule has 0 aliphatic heterocycles. The number of aromatic nitrogens is 2. The molecular formula is C16H19N3. The molecule has 0 fully saturated rings. The zero-order valence-electron chi connectivity index (χ0n) is 11.0. The third-order valence-corrected chi connectivity index (χ3v) is 4.02. The minimum atomic E-state index is -0.000781. The van der Waals surface area contributed by atoms with Crippen LogP contribution in [0.15, 0.2) is 42.9 Å². The van der Waals surface area contributed by atoms with Crippen molar-refractivity contribution < 1.29 is 0 Å². The van der Waals surface area contributed by atoms with Crippen LogP contribution in [0.2, 0.25) is 0 Å². The first-order valence-corrected chi connectivity index (χ1v) is 6.94. The average Bonchev–Trinajstić information content (AvgIpc) is 2.48. The largest absolute Gasteiger partial charge is 0.323 e. The van der Waals surface area contributed by atoms with Crippen molar-refractivity contribution in [3.63, 3.8) is 0 Å².